The van der Waals surface area contributed by atoms with Gasteiger partial charge in [0.05, 0.1) is 5.69 Å². The van der Waals surface area contributed by atoms with Crippen molar-refractivity contribution >= 4 is 11.7 Å². The molecule has 0 fully saturated rings. The first-order valence-corrected chi connectivity index (χ1v) is 5.57. The number of nitrogens with one attached hydrogen (secondary N) is 1. The fourth-order valence-corrected chi connectivity index (χ4v) is 1.45. The van der Waals surface area contributed by atoms with Crippen LogP contribution in [0, 0.1) is 18.6 Å². The summed E-state index contributed by atoms with van der Waals surface area (Å²) in [4.78, 5) is 10.7. The van der Waals surface area contributed by atoms with Crippen LogP contribution in [0.3, 0.4) is 0 Å². The van der Waals surface area contributed by atoms with Crippen LogP contribution in [-0.2, 0) is 4.79 Å². The van der Waals surface area contributed by atoms with Crippen LogP contribution >= 0.6 is 0 Å². The normalized spacial score (nSPS) is 11.4. The Balaban J connectivity index is 2.75. The molecule has 0 radical (unpaired) electrons. The van der Waals surface area contributed by atoms with Gasteiger partial charge in [-0.15, -0.1) is 0 Å². The van der Waals surface area contributed by atoms with Crippen LogP contribution in [-0.4, -0.2) is 17.6 Å². The molecule has 18 heavy (non-hydrogen) atoms. The predicted octanol–water partition coefficient (Wildman–Crippen LogP) is 3.11. The van der Waals surface area contributed by atoms with Gasteiger partial charge in [0.1, 0.15) is 11.6 Å². The molecule has 0 aliphatic rings. The Hall–Kier alpha value is -1.91. The molecule has 0 unspecified atom stereocenters. The summed E-state index contributed by atoms with van der Waals surface area (Å²) in [5.41, 5.74) is 0.485. The van der Waals surface area contributed by atoms with Gasteiger partial charge >= 0.3 is 5.97 Å². The van der Waals surface area contributed by atoms with Crippen LogP contribution in [0.4, 0.5) is 14.5 Å². The second kappa shape index (κ2) is 6.14. The molecular weight excluding hydrogens is 240 g/mol. The second-order valence-electron chi connectivity index (χ2n) is 3.85. The molecule has 0 bridgehead atoms. The van der Waals surface area contributed by atoms with Crippen molar-refractivity contribution in [3.8, 4) is 0 Å². The van der Waals surface area contributed by atoms with Gasteiger partial charge in [0, 0.05) is 18.2 Å². The predicted molar refractivity (Wildman–Crippen MR) is 65.6 cm³/mol. The van der Waals surface area contributed by atoms with Crippen LogP contribution in [0.2, 0.25) is 0 Å². The van der Waals surface area contributed by atoms with E-state index in [0.717, 1.165) is 12.1 Å². The molecule has 1 aromatic rings. The summed E-state index contributed by atoms with van der Waals surface area (Å²) in [6.07, 6.45) is 1.82. The Morgan fingerprint density at radius 3 is 2.61 bits per heavy atom. The minimum atomic E-state index is -1.00. The van der Waals surface area contributed by atoms with Crippen molar-refractivity contribution < 1.29 is 18.7 Å². The molecule has 98 valence electrons. The summed E-state index contributed by atoms with van der Waals surface area (Å²) in [7, 11) is 0. The maximum absolute atomic E-state index is 13.4. The van der Waals surface area contributed by atoms with Crippen LogP contribution in [0.25, 0.3) is 0 Å². The van der Waals surface area contributed by atoms with Crippen molar-refractivity contribution in [3.63, 3.8) is 0 Å². The van der Waals surface area contributed by atoms with Crippen molar-refractivity contribution in [2.24, 2.45) is 0 Å². The van der Waals surface area contributed by atoms with Crippen LogP contribution in [0.1, 0.15) is 18.9 Å². The lowest BCUT2D eigenvalue weighted by molar-refractivity contribution is -0.132. The highest BCUT2D eigenvalue weighted by molar-refractivity contribution is 5.86. The molecule has 0 saturated carbocycles. The molecule has 0 amide bonds. The molecule has 1 rings (SSSR count). The highest BCUT2D eigenvalue weighted by atomic mass is 19.1. The van der Waals surface area contributed by atoms with Gasteiger partial charge in [-0.1, -0.05) is 13.0 Å². The Morgan fingerprint density at radius 2 is 2.06 bits per heavy atom. The molecule has 1 aromatic carbocycles. The number of benzene rings is 1. The van der Waals surface area contributed by atoms with Gasteiger partial charge in [-0.3, -0.25) is 0 Å². The van der Waals surface area contributed by atoms with E-state index >= 15 is 0 Å². The molecule has 0 saturated heterocycles. The van der Waals surface area contributed by atoms with Gasteiger partial charge in [-0.05, 0) is 25.0 Å². The highest BCUT2D eigenvalue weighted by Crippen LogP contribution is 2.18. The minimum absolute atomic E-state index is 0.0233. The van der Waals surface area contributed by atoms with E-state index in [-0.39, 0.29) is 23.4 Å². The average molecular weight is 255 g/mol. The maximum Gasteiger partial charge on any atom is 0.331 e. The number of hydrogen-bond acceptors (Lipinski definition) is 2. The Bertz CT molecular complexity index is 484. The first kappa shape index (κ1) is 14.2. The number of carboxylic acids is 1. The second-order valence-corrected chi connectivity index (χ2v) is 3.85. The number of halogens is 2. The zero-order valence-electron chi connectivity index (χ0n) is 10.3. The van der Waals surface area contributed by atoms with Crippen molar-refractivity contribution in [2.45, 2.75) is 20.3 Å². The third-order valence-electron chi connectivity index (χ3n) is 2.54. The fraction of sp³-hybridized carbons (Fsp3) is 0.308. The highest BCUT2D eigenvalue weighted by Gasteiger charge is 2.07. The standard InChI is InChI=1S/C13H15F2NO2/c1-3-9(13(17)18)4-5-16-12-7-10(14)8(2)6-11(12)15/h4,6-7,16H,3,5H2,1-2H3,(H,17,18)/b9-4-. The lowest BCUT2D eigenvalue weighted by atomic mass is 10.2. The van der Waals surface area contributed by atoms with Crippen molar-refractivity contribution in [1.82, 2.24) is 0 Å². The van der Waals surface area contributed by atoms with E-state index in [1.807, 2.05) is 0 Å². The average Bonchev–Trinajstić information content (AvgIpc) is 2.30. The number of carbonyl (C=O) groups is 1. The smallest absolute Gasteiger partial charge is 0.331 e. The van der Waals surface area contributed by atoms with Crippen LogP contribution < -0.4 is 5.32 Å². The number of anilines is 1. The monoisotopic (exact) mass is 255 g/mol. The van der Waals surface area contributed by atoms with Crippen molar-refractivity contribution in [1.29, 1.82) is 0 Å². The molecule has 0 aliphatic carbocycles. The third-order valence-corrected chi connectivity index (χ3v) is 2.54. The van der Waals surface area contributed by atoms with E-state index in [4.69, 9.17) is 5.11 Å². The van der Waals surface area contributed by atoms with E-state index in [1.54, 1.807) is 6.92 Å². The Labute approximate surface area is 104 Å². The summed E-state index contributed by atoms with van der Waals surface area (Å²) < 4.78 is 26.7. The zero-order valence-corrected chi connectivity index (χ0v) is 10.3. The topological polar surface area (TPSA) is 49.3 Å². The Morgan fingerprint density at radius 1 is 1.39 bits per heavy atom. The number of rotatable bonds is 5. The van der Waals surface area contributed by atoms with Gasteiger partial charge in [0.15, 0.2) is 0 Å². The summed E-state index contributed by atoms with van der Waals surface area (Å²) in [6.45, 7) is 3.32. The minimum Gasteiger partial charge on any atom is -0.478 e. The number of hydrogen-bond donors (Lipinski definition) is 2. The number of aliphatic carboxylic acids is 1. The van der Waals surface area contributed by atoms with E-state index in [9.17, 15) is 13.6 Å². The number of aryl methyl sites for hydroxylation is 1. The van der Waals surface area contributed by atoms with Gasteiger partial charge in [-0.25, -0.2) is 13.6 Å². The molecule has 0 spiro atoms. The lowest BCUT2D eigenvalue weighted by Gasteiger charge is -2.07. The van der Waals surface area contributed by atoms with Gasteiger partial charge in [-0.2, -0.15) is 0 Å². The molecule has 0 aliphatic heterocycles. The van der Waals surface area contributed by atoms with Crippen molar-refractivity contribution in [3.05, 3.63) is 41.0 Å². The number of carboxylic acid groups (broad SMARTS) is 1. The third kappa shape index (κ3) is 3.55. The van der Waals surface area contributed by atoms with E-state index in [2.05, 4.69) is 5.32 Å². The van der Waals surface area contributed by atoms with E-state index in [0.29, 0.717) is 6.42 Å². The quantitative estimate of drug-likeness (QED) is 0.795. The SMILES string of the molecule is CC/C(=C/CNc1cc(F)c(C)cc1F)C(=O)O. The molecular formula is C13H15F2NO2. The summed E-state index contributed by atoms with van der Waals surface area (Å²) in [5.74, 6) is -2.07. The lowest BCUT2D eigenvalue weighted by Crippen LogP contribution is -2.06. The molecule has 5 heteroatoms. The van der Waals surface area contributed by atoms with E-state index < -0.39 is 17.6 Å². The van der Waals surface area contributed by atoms with Crippen LogP contribution in [0.15, 0.2) is 23.8 Å². The largest absolute Gasteiger partial charge is 0.478 e. The first-order chi connectivity index (χ1) is 8.45. The molecule has 0 aromatic heterocycles. The first-order valence-electron chi connectivity index (χ1n) is 5.57. The maximum atomic E-state index is 13.4. The molecule has 0 heterocycles. The fourth-order valence-electron chi connectivity index (χ4n) is 1.45. The molecule has 0 atom stereocenters. The van der Waals surface area contributed by atoms with Crippen molar-refractivity contribution in [2.75, 3.05) is 11.9 Å². The van der Waals surface area contributed by atoms with Gasteiger partial charge in [0.25, 0.3) is 0 Å². The van der Waals surface area contributed by atoms with E-state index in [1.165, 1.54) is 13.0 Å². The van der Waals surface area contributed by atoms with Crippen LogP contribution in [0.5, 0.6) is 0 Å². The molecule has 3 nitrogen and oxygen atoms in total. The summed E-state index contributed by atoms with van der Waals surface area (Å²) in [6, 6.07) is 2.16. The summed E-state index contributed by atoms with van der Waals surface area (Å²) >= 11 is 0. The molecule has 2 N–H and O–H groups in total. The summed E-state index contributed by atoms with van der Waals surface area (Å²) in [5, 5.41) is 11.4. The Kier molecular flexibility index (Phi) is 4.83. The zero-order chi connectivity index (χ0) is 13.7. The van der Waals surface area contributed by atoms with Gasteiger partial charge < -0.3 is 10.4 Å². The van der Waals surface area contributed by atoms with Gasteiger partial charge in [0.2, 0.25) is 0 Å².